The minimum atomic E-state index is -4.62. The van der Waals surface area contributed by atoms with Crippen molar-refractivity contribution >= 4 is 23.5 Å². The van der Waals surface area contributed by atoms with Crippen LogP contribution in [-0.2, 0) is 10.9 Å². The van der Waals surface area contributed by atoms with Crippen LogP contribution in [0, 0.1) is 6.92 Å². The topological polar surface area (TPSA) is 106 Å². The Morgan fingerprint density at radius 3 is 2.49 bits per heavy atom. The number of hydrogen-bond donors (Lipinski definition) is 1. The van der Waals surface area contributed by atoms with Crippen molar-refractivity contribution in [2.45, 2.75) is 38.3 Å². The number of alkyl halides is 5. The van der Waals surface area contributed by atoms with Crippen LogP contribution in [0.5, 0.6) is 0 Å². The number of ether oxygens (including phenoxy) is 1. The molecule has 9 nitrogen and oxygen atoms in total. The van der Waals surface area contributed by atoms with Crippen LogP contribution in [0.1, 0.15) is 28.7 Å². The van der Waals surface area contributed by atoms with E-state index in [-0.39, 0.29) is 34.6 Å². The van der Waals surface area contributed by atoms with E-state index in [4.69, 9.17) is 16.3 Å². The van der Waals surface area contributed by atoms with Crippen molar-refractivity contribution in [1.29, 1.82) is 0 Å². The molecule has 3 aromatic rings. The van der Waals surface area contributed by atoms with Gasteiger partial charge >= 0.3 is 12.3 Å². The van der Waals surface area contributed by atoms with Gasteiger partial charge in [0.2, 0.25) is 5.95 Å². The summed E-state index contributed by atoms with van der Waals surface area (Å²) < 4.78 is 72.0. The average molecular weight is 544 g/mol. The molecule has 0 aliphatic carbocycles. The standard InChI is InChI=1S/C22H19ClF5N7O2/c1-11-6-14(23)16(18-29-4-3-5-30-18)17(34-11)19(36)35-10-21(24,25)37-12(2)15(35)9-33-20-31-7-13(8-32-20)22(26,27)28/h3-8,12,15H,9-10H2,1-2H3,(H,31,32,33)/t12-,15+/m0/s1. The Kier molecular flexibility index (Phi) is 7.24. The summed E-state index contributed by atoms with van der Waals surface area (Å²) in [6.45, 7) is 1.59. The first-order valence-corrected chi connectivity index (χ1v) is 11.2. The van der Waals surface area contributed by atoms with Gasteiger partial charge in [-0.3, -0.25) is 4.79 Å². The number of carbonyl (C=O) groups excluding carboxylic acids is 1. The fourth-order valence-electron chi connectivity index (χ4n) is 3.78. The van der Waals surface area contributed by atoms with Gasteiger partial charge in [0, 0.05) is 37.0 Å². The number of morpholine rings is 1. The second-order valence-electron chi connectivity index (χ2n) is 8.18. The maximum absolute atomic E-state index is 14.4. The Morgan fingerprint density at radius 2 is 1.86 bits per heavy atom. The molecule has 196 valence electrons. The van der Waals surface area contributed by atoms with Crippen LogP contribution in [0.15, 0.2) is 36.9 Å². The van der Waals surface area contributed by atoms with E-state index in [1.54, 1.807) is 13.0 Å². The van der Waals surface area contributed by atoms with Gasteiger partial charge < -0.3 is 15.0 Å². The summed E-state index contributed by atoms with van der Waals surface area (Å²) in [5, 5.41) is 2.78. The number of aryl methyl sites for hydroxylation is 1. The Hall–Kier alpha value is -3.52. The molecule has 37 heavy (non-hydrogen) atoms. The number of rotatable bonds is 5. The fraction of sp³-hybridized carbons (Fsp3) is 0.364. The van der Waals surface area contributed by atoms with E-state index in [0.29, 0.717) is 18.1 Å². The quantitative estimate of drug-likeness (QED) is 0.476. The SMILES string of the molecule is Cc1cc(Cl)c(-c2ncccn2)c(C(=O)N2CC(F)(F)O[C@@H](C)[C@H]2CNc2ncc(C(F)(F)F)cn2)n1. The maximum Gasteiger partial charge on any atom is 0.419 e. The highest BCUT2D eigenvalue weighted by Crippen LogP contribution is 2.34. The molecule has 4 rings (SSSR count). The number of carbonyl (C=O) groups is 1. The summed E-state index contributed by atoms with van der Waals surface area (Å²) >= 11 is 6.39. The number of hydrogen-bond acceptors (Lipinski definition) is 8. The van der Waals surface area contributed by atoms with Crippen molar-refractivity contribution in [3.05, 3.63) is 58.9 Å². The van der Waals surface area contributed by atoms with Gasteiger partial charge in [-0.1, -0.05) is 11.6 Å². The second kappa shape index (κ2) is 10.1. The number of nitrogens with zero attached hydrogens (tertiary/aromatic N) is 6. The minimum Gasteiger partial charge on any atom is -0.352 e. The summed E-state index contributed by atoms with van der Waals surface area (Å²) in [4.78, 5) is 34.2. The van der Waals surface area contributed by atoms with Crippen molar-refractivity contribution in [2.24, 2.45) is 0 Å². The first kappa shape index (κ1) is 26.5. The molecule has 0 radical (unpaired) electrons. The highest BCUT2D eigenvalue weighted by atomic mass is 35.5. The van der Waals surface area contributed by atoms with Gasteiger partial charge in [-0.2, -0.15) is 22.0 Å². The molecule has 1 aliphatic heterocycles. The van der Waals surface area contributed by atoms with Crippen molar-refractivity contribution in [3.63, 3.8) is 0 Å². The van der Waals surface area contributed by atoms with Crippen LogP contribution >= 0.6 is 11.6 Å². The number of amides is 1. The third-order valence-electron chi connectivity index (χ3n) is 5.46. The van der Waals surface area contributed by atoms with E-state index >= 15 is 0 Å². The number of pyridine rings is 1. The predicted molar refractivity (Wildman–Crippen MR) is 121 cm³/mol. The molecular formula is C22H19ClF5N7O2. The zero-order valence-corrected chi connectivity index (χ0v) is 20.1. The van der Waals surface area contributed by atoms with E-state index in [2.05, 4.69) is 30.2 Å². The molecule has 0 spiro atoms. The molecule has 1 aliphatic rings. The first-order valence-electron chi connectivity index (χ1n) is 10.8. The summed E-state index contributed by atoms with van der Waals surface area (Å²) in [7, 11) is 0. The van der Waals surface area contributed by atoms with Gasteiger partial charge in [0.1, 0.15) is 12.2 Å². The Labute approximate surface area is 212 Å². The van der Waals surface area contributed by atoms with Crippen LogP contribution in [0.4, 0.5) is 27.9 Å². The van der Waals surface area contributed by atoms with Crippen LogP contribution in [0.25, 0.3) is 11.4 Å². The lowest BCUT2D eigenvalue weighted by Gasteiger charge is -2.43. The maximum atomic E-state index is 14.4. The molecule has 0 saturated carbocycles. The molecule has 1 saturated heterocycles. The molecule has 3 aromatic heterocycles. The zero-order chi connectivity index (χ0) is 27.0. The molecule has 1 amide bonds. The van der Waals surface area contributed by atoms with Gasteiger partial charge in [-0.25, -0.2) is 24.9 Å². The average Bonchev–Trinajstić information content (AvgIpc) is 2.82. The highest BCUT2D eigenvalue weighted by Gasteiger charge is 2.48. The van der Waals surface area contributed by atoms with Gasteiger partial charge in [-0.05, 0) is 26.0 Å². The summed E-state index contributed by atoms with van der Waals surface area (Å²) in [5.74, 6) is -1.01. The van der Waals surface area contributed by atoms with Crippen LogP contribution in [0.2, 0.25) is 5.02 Å². The number of anilines is 1. The van der Waals surface area contributed by atoms with E-state index in [9.17, 15) is 26.7 Å². The molecule has 1 fully saturated rings. The summed E-state index contributed by atoms with van der Waals surface area (Å²) in [5.41, 5.74) is -0.870. The molecule has 4 heterocycles. The van der Waals surface area contributed by atoms with Crippen LogP contribution < -0.4 is 5.32 Å². The van der Waals surface area contributed by atoms with Gasteiger partial charge in [0.05, 0.1) is 28.3 Å². The second-order valence-corrected chi connectivity index (χ2v) is 8.58. The van der Waals surface area contributed by atoms with Gasteiger partial charge in [0.25, 0.3) is 5.91 Å². The lowest BCUT2D eigenvalue weighted by atomic mass is 10.0. The zero-order valence-electron chi connectivity index (χ0n) is 19.3. The van der Waals surface area contributed by atoms with Crippen LogP contribution in [0.3, 0.4) is 0 Å². The van der Waals surface area contributed by atoms with Crippen molar-refractivity contribution in [2.75, 3.05) is 18.4 Å². The Balaban J connectivity index is 1.66. The van der Waals surface area contributed by atoms with Gasteiger partial charge in [0.15, 0.2) is 5.82 Å². The Bertz CT molecular complexity index is 1280. The highest BCUT2D eigenvalue weighted by molar-refractivity contribution is 6.34. The predicted octanol–water partition coefficient (Wildman–Crippen LogP) is 4.24. The van der Waals surface area contributed by atoms with E-state index in [1.807, 2.05) is 0 Å². The van der Waals surface area contributed by atoms with Crippen molar-refractivity contribution in [1.82, 2.24) is 29.8 Å². The molecular weight excluding hydrogens is 525 g/mol. The number of halogens is 6. The van der Waals surface area contributed by atoms with E-state index < -0.39 is 42.4 Å². The fourth-order valence-corrected chi connectivity index (χ4v) is 4.11. The van der Waals surface area contributed by atoms with Gasteiger partial charge in [-0.15, -0.1) is 0 Å². The molecule has 0 aromatic carbocycles. The molecule has 2 atom stereocenters. The largest absolute Gasteiger partial charge is 0.419 e. The molecule has 1 N–H and O–H groups in total. The minimum absolute atomic E-state index is 0.0677. The monoisotopic (exact) mass is 543 g/mol. The molecule has 0 bridgehead atoms. The number of aromatic nitrogens is 5. The lowest BCUT2D eigenvalue weighted by Crippen LogP contribution is -2.61. The summed E-state index contributed by atoms with van der Waals surface area (Å²) in [6, 6.07) is 2.03. The normalized spacial score (nSPS) is 19.5. The molecule has 15 heteroatoms. The van der Waals surface area contributed by atoms with Crippen molar-refractivity contribution < 1.29 is 31.5 Å². The lowest BCUT2D eigenvalue weighted by molar-refractivity contribution is -0.298. The third kappa shape index (κ3) is 5.91. The van der Waals surface area contributed by atoms with Crippen molar-refractivity contribution in [3.8, 4) is 11.4 Å². The third-order valence-corrected chi connectivity index (χ3v) is 5.75. The Morgan fingerprint density at radius 1 is 1.22 bits per heavy atom. The number of nitrogens with one attached hydrogen (secondary N) is 1. The van der Waals surface area contributed by atoms with E-state index in [1.165, 1.54) is 25.4 Å². The van der Waals surface area contributed by atoms with E-state index in [0.717, 1.165) is 4.90 Å². The van der Waals surface area contributed by atoms with Crippen LogP contribution in [-0.4, -0.2) is 67.1 Å². The molecule has 0 unspecified atom stereocenters. The summed E-state index contributed by atoms with van der Waals surface area (Å²) in [6.07, 6.45) is -5.47. The smallest absolute Gasteiger partial charge is 0.352 e. The first-order chi connectivity index (χ1) is 17.4.